The predicted molar refractivity (Wildman–Crippen MR) is 108 cm³/mol. The van der Waals surface area contributed by atoms with Gasteiger partial charge in [0.2, 0.25) is 11.8 Å². The highest BCUT2D eigenvalue weighted by Crippen LogP contribution is 2.23. The first-order chi connectivity index (χ1) is 13.0. The number of aryl methyl sites for hydroxylation is 2. The van der Waals surface area contributed by atoms with E-state index in [1.165, 1.54) is 11.8 Å². The lowest BCUT2D eigenvalue weighted by Gasteiger charge is -2.13. The fourth-order valence-electron chi connectivity index (χ4n) is 2.72. The van der Waals surface area contributed by atoms with Gasteiger partial charge < -0.3 is 10.6 Å². The normalized spacial score (nSPS) is 12.0. The Morgan fingerprint density at radius 2 is 1.89 bits per heavy atom. The first kappa shape index (κ1) is 19.0. The van der Waals surface area contributed by atoms with Crippen LogP contribution in [0.4, 0.5) is 5.69 Å². The fourth-order valence-corrected chi connectivity index (χ4v) is 3.62. The number of hydrogen-bond donors (Lipinski definition) is 2. The first-order valence-corrected chi connectivity index (χ1v) is 9.56. The minimum atomic E-state index is -0.371. The van der Waals surface area contributed by atoms with Gasteiger partial charge in [-0.1, -0.05) is 36.0 Å². The number of fused-ring (bicyclic) bond motifs is 1. The minimum absolute atomic E-state index is 0.0696. The SMILES string of the molecule is Cc1cccc(C)c1NC(=O)CNC(=O)C(C)Sc1ncc2ccccn12. The molecule has 2 aromatic heterocycles. The van der Waals surface area contributed by atoms with E-state index in [4.69, 9.17) is 0 Å². The summed E-state index contributed by atoms with van der Waals surface area (Å²) in [6.45, 7) is 5.61. The summed E-state index contributed by atoms with van der Waals surface area (Å²) in [5.41, 5.74) is 3.75. The van der Waals surface area contributed by atoms with Crippen LogP contribution in [0.25, 0.3) is 5.52 Å². The number of carbonyl (C=O) groups is 2. The third kappa shape index (κ3) is 4.49. The van der Waals surface area contributed by atoms with E-state index in [0.29, 0.717) is 0 Å². The van der Waals surface area contributed by atoms with Gasteiger partial charge in [-0.05, 0) is 44.0 Å². The first-order valence-electron chi connectivity index (χ1n) is 8.68. The molecule has 0 radical (unpaired) electrons. The molecule has 0 spiro atoms. The molecular formula is C20H22N4O2S. The molecular weight excluding hydrogens is 360 g/mol. The van der Waals surface area contributed by atoms with E-state index < -0.39 is 0 Å². The number of thioether (sulfide) groups is 1. The number of aromatic nitrogens is 2. The number of hydrogen-bond acceptors (Lipinski definition) is 4. The van der Waals surface area contributed by atoms with Crippen LogP contribution in [0.1, 0.15) is 18.1 Å². The van der Waals surface area contributed by atoms with Gasteiger partial charge in [-0.2, -0.15) is 0 Å². The van der Waals surface area contributed by atoms with Crippen LogP contribution in [0.2, 0.25) is 0 Å². The van der Waals surface area contributed by atoms with Crippen molar-refractivity contribution in [3.8, 4) is 0 Å². The molecule has 2 N–H and O–H groups in total. The zero-order valence-corrected chi connectivity index (χ0v) is 16.3. The number of imidazole rings is 1. The van der Waals surface area contributed by atoms with Crippen molar-refractivity contribution in [3.63, 3.8) is 0 Å². The average molecular weight is 382 g/mol. The van der Waals surface area contributed by atoms with E-state index in [9.17, 15) is 9.59 Å². The predicted octanol–water partition coefficient (Wildman–Crippen LogP) is 3.19. The molecule has 3 rings (SSSR count). The molecule has 0 saturated heterocycles. The van der Waals surface area contributed by atoms with Crippen molar-refractivity contribution in [1.29, 1.82) is 0 Å². The van der Waals surface area contributed by atoms with Gasteiger partial charge in [0.1, 0.15) is 0 Å². The van der Waals surface area contributed by atoms with E-state index in [1.54, 1.807) is 13.1 Å². The Morgan fingerprint density at radius 3 is 2.63 bits per heavy atom. The summed E-state index contributed by atoms with van der Waals surface area (Å²) >= 11 is 1.36. The van der Waals surface area contributed by atoms with Gasteiger partial charge in [-0.25, -0.2) is 4.98 Å². The van der Waals surface area contributed by atoms with E-state index in [2.05, 4.69) is 15.6 Å². The summed E-state index contributed by atoms with van der Waals surface area (Å²) in [7, 11) is 0. The van der Waals surface area contributed by atoms with Crippen molar-refractivity contribution < 1.29 is 9.59 Å². The molecule has 0 fully saturated rings. The molecule has 7 heteroatoms. The van der Waals surface area contributed by atoms with Crippen molar-refractivity contribution in [2.24, 2.45) is 0 Å². The van der Waals surface area contributed by atoms with Crippen LogP contribution in [0.5, 0.6) is 0 Å². The highest BCUT2D eigenvalue weighted by molar-refractivity contribution is 8.00. The summed E-state index contributed by atoms with van der Waals surface area (Å²) < 4.78 is 1.93. The van der Waals surface area contributed by atoms with Crippen LogP contribution < -0.4 is 10.6 Å². The Balaban J connectivity index is 1.55. The number of rotatable bonds is 6. The lowest BCUT2D eigenvalue weighted by atomic mass is 10.1. The second-order valence-corrected chi connectivity index (χ2v) is 7.64. The van der Waals surface area contributed by atoms with E-state index in [-0.39, 0.29) is 23.6 Å². The highest BCUT2D eigenvalue weighted by Gasteiger charge is 2.18. The van der Waals surface area contributed by atoms with Gasteiger partial charge in [0.25, 0.3) is 0 Å². The molecule has 0 bridgehead atoms. The number of para-hydroxylation sites is 1. The zero-order chi connectivity index (χ0) is 19.4. The topological polar surface area (TPSA) is 75.5 Å². The highest BCUT2D eigenvalue weighted by atomic mass is 32.2. The maximum absolute atomic E-state index is 12.3. The van der Waals surface area contributed by atoms with Gasteiger partial charge >= 0.3 is 0 Å². The monoisotopic (exact) mass is 382 g/mol. The maximum atomic E-state index is 12.3. The van der Waals surface area contributed by atoms with Crippen molar-refractivity contribution in [2.45, 2.75) is 31.2 Å². The molecule has 27 heavy (non-hydrogen) atoms. The molecule has 0 saturated carbocycles. The van der Waals surface area contributed by atoms with Crippen LogP contribution in [-0.2, 0) is 9.59 Å². The van der Waals surface area contributed by atoms with Gasteiger partial charge in [-0.15, -0.1) is 0 Å². The second kappa shape index (κ2) is 8.26. The van der Waals surface area contributed by atoms with E-state index in [0.717, 1.165) is 27.5 Å². The summed E-state index contributed by atoms with van der Waals surface area (Å²) in [6.07, 6.45) is 3.68. The molecule has 1 aromatic carbocycles. The van der Waals surface area contributed by atoms with Crippen LogP contribution >= 0.6 is 11.8 Å². The lowest BCUT2D eigenvalue weighted by molar-refractivity contribution is -0.123. The quantitative estimate of drug-likeness (QED) is 0.642. The van der Waals surface area contributed by atoms with Crippen LogP contribution in [0.3, 0.4) is 0 Å². The molecule has 1 atom stereocenters. The minimum Gasteiger partial charge on any atom is -0.346 e. The Morgan fingerprint density at radius 1 is 1.15 bits per heavy atom. The van der Waals surface area contributed by atoms with Crippen LogP contribution in [0.15, 0.2) is 53.9 Å². The largest absolute Gasteiger partial charge is 0.346 e. The maximum Gasteiger partial charge on any atom is 0.243 e. The number of nitrogens with zero attached hydrogens (tertiary/aromatic N) is 2. The van der Waals surface area contributed by atoms with Gasteiger partial charge in [0, 0.05) is 11.9 Å². The second-order valence-electron chi connectivity index (χ2n) is 6.33. The number of benzene rings is 1. The Bertz CT molecular complexity index is 963. The third-order valence-electron chi connectivity index (χ3n) is 4.22. The smallest absolute Gasteiger partial charge is 0.243 e. The molecule has 0 aliphatic rings. The van der Waals surface area contributed by atoms with Gasteiger partial charge in [0.05, 0.1) is 23.5 Å². The molecule has 3 aromatic rings. The number of amides is 2. The van der Waals surface area contributed by atoms with Crippen molar-refractivity contribution >= 4 is 34.8 Å². The molecule has 2 heterocycles. The third-order valence-corrected chi connectivity index (χ3v) is 5.31. The van der Waals surface area contributed by atoms with Crippen molar-refractivity contribution in [1.82, 2.24) is 14.7 Å². The number of pyridine rings is 1. The summed E-state index contributed by atoms with van der Waals surface area (Å²) in [5.74, 6) is -0.450. The van der Waals surface area contributed by atoms with Gasteiger partial charge in [-0.3, -0.25) is 14.0 Å². The number of carbonyl (C=O) groups excluding carboxylic acids is 2. The average Bonchev–Trinajstić information content (AvgIpc) is 3.06. The van der Waals surface area contributed by atoms with Gasteiger partial charge in [0.15, 0.2) is 5.16 Å². The molecule has 6 nitrogen and oxygen atoms in total. The van der Waals surface area contributed by atoms with Crippen LogP contribution in [0, 0.1) is 13.8 Å². The zero-order valence-electron chi connectivity index (χ0n) is 15.5. The van der Waals surface area contributed by atoms with E-state index >= 15 is 0 Å². The standard InChI is InChI=1S/C20H22N4O2S/c1-13-7-6-8-14(2)18(13)23-17(25)12-21-19(26)15(3)27-20-22-11-16-9-4-5-10-24(16)20/h4-11,15H,12H2,1-3H3,(H,21,26)(H,23,25). The summed E-state index contributed by atoms with van der Waals surface area (Å²) in [4.78, 5) is 28.9. The Labute approximate surface area is 162 Å². The number of anilines is 1. The lowest BCUT2D eigenvalue weighted by Crippen LogP contribution is -2.37. The van der Waals surface area contributed by atoms with Crippen molar-refractivity contribution in [3.05, 3.63) is 59.9 Å². The molecule has 140 valence electrons. The van der Waals surface area contributed by atoms with Crippen molar-refractivity contribution in [2.75, 3.05) is 11.9 Å². The Kier molecular flexibility index (Phi) is 5.81. The molecule has 2 amide bonds. The van der Waals surface area contributed by atoms with E-state index in [1.807, 2.05) is 60.8 Å². The summed E-state index contributed by atoms with van der Waals surface area (Å²) in [6, 6.07) is 11.6. The fraction of sp³-hybridized carbons (Fsp3) is 0.250. The molecule has 0 aliphatic heterocycles. The Hall–Kier alpha value is -2.80. The number of nitrogens with one attached hydrogen (secondary N) is 2. The molecule has 0 aliphatic carbocycles. The summed E-state index contributed by atoms with van der Waals surface area (Å²) in [5, 5.41) is 5.93. The molecule has 1 unspecified atom stereocenters. The van der Waals surface area contributed by atoms with Crippen LogP contribution in [-0.4, -0.2) is 33.0 Å².